The third kappa shape index (κ3) is 2.20. The number of carbonyl (C=O) groups excluding carboxylic acids is 2. The van der Waals surface area contributed by atoms with Crippen molar-refractivity contribution in [3.63, 3.8) is 0 Å². The number of aromatic nitrogens is 1. The summed E-state index contributed by atoms with van der Waals surface area (Å²) in [5.74, 6) is -0.0170. The van der Waals surface area contributed by atoms with Crippen molar-refractivity contribution in [2.75, 3.05) is 4.90 Å². The molecule has 0 radical (unpaired) electrons. The fourth-order valence-corrected chi connectivity index (χ4v) is 3.45. The summed E-state index contributed by atoms with van der Waals surface area (Å²) in [7, 11) is 0. The third-order valence-corrected chi connectivity index (χ3v) is 4.62. The van der Waals surface area contributed by atoms with Crippen LogP contribution in [0.4, 0.5) is 5.69 Å². The molecule has 1 unspecified atom stereocenters. The predicted octanol–water partition coefficient (Wildman–Crippen LogP) is 1.94. The van der Waals surface area contributed by atoms with Gasteiger partial charge in [0.2, 0.25) is 5.91 Å². The van der Waals surface area contributed by atoms with Gasteiger partial charge in [-0.05, 0) is 38.3 Å². The van der Waals surface area contributed by atoms with Crippen molar-refractivity contribution < 1.29 is 9.59 Å². The van der Waals surface area contributed by atoms with Crippen LogP contribution in [0.1, 0.15) is 44.7 Å². The van der Waals surface area contributed by atoms with Crippen molar-refractivity contribution in [1.82, 2.24) is 10.3 Å². The minimum atomic E-state index is -0.687. The first kappa shape index (κ1) is 14.0. The molecule has 1 spiro atoms. The Labute approximate surface area is 124 Å². The van der Waals surface area contributed by atoms with E-state index in [2.05, 4.69) is 10.3 Å². The Kier molecular flexibility index (Phi) is 3.43. The fraction of sp³-hybridized carbons (Fsp3) is 0.562. The minimum absolute atomic E-state index is 0.0251. The van der Waals surface area contributed by atoms with Crippen LogP contribution in [-0.2, 0) is 9.59 Å². The highest BCUT2D eigenvalue weighted by atomic mass is 16.2. The normalized spacial score (nSPS) is 24.5. The SMILES string of the molecule is CCC1C(=O)NC2(CCCC2)C(=O)N1c1ccc(C)nc1. The van der Waals surface area contributed by atoms with Crippen molar-refractivity contribution in [1.29, 1.82) is 0 Å². The van der Waals surface area contributed by atoms with E-state index in [1.807, 2.05) is 26.0 Å². The number of nitrogens with zero attached hydrogens (tertiary/aromatic N) is 2. The molecule has 0 bridgehead atoms. The zero-order valence-electron chi connectivity index (χ0n) is 12.6. The summed E-state index contributed by atoms with van der Waals surface area (Å²) in [5.41, 5.74) is 0.933. The predicted molar refractivity (Wildman–Crippen MR) is 79.9 cm³/mol. The van der Waals surface area contributed by atoms with Crippen LogP contribution < -0.4 is 10.2 Å². The monoisotopic (exact) mass is 287 g/mol. The summed E-state index contributed by atoms with van der Waals surface area (Å²) >= 11 is 0. The smallest absolute Gasteiger partial charge is 0.253 e. The summed E-state index contributed by atoms with van der Waals surface area (Å²) in [5, 5.41) is 3.00. The van der Waals surface area contributed by atoms with Crippen molar-refractivity contribution in [3.8, 4) is 0 Å². The van der Waals surface area contributed by atoms with Crippen molar-refractivity contribution in [2.24, 2.45) is 0 Å². The molecule has 2 heterocycles. The van der Waals surface area contributed by atoms with Gasteiger partial charge in [0.1, 0.15) is 11.6 Å². The third-order valence-electron chi connectivity index (χ3n) is 4.62. The van der Waals surface area contributed by atoms with Crippen LogP contribution in [0.15, 0.2) is 18.3 Å². The molecule has 1 aliphatic heterocycles. The lowest BCUT2D eigenvalue weighted by atomic mass is 9.89. The lowest BCUT2D eigenvalue weighted by Crippen LogP contribution is -2.69. The molecule has 2 aliphatic rings. The van der Waals surface area contributed by atoms with E-state index in [9.17, 15) is 9.59 Å². The number of hydrogen-bond acceptors (Lipinski definition) is 3. The van der Waals surface area contributed by atoms with E-state index in [-0.39, 0.29) is 11.8 Å². The van der Waals surface area contributed by atoms with Gasteiger partial charge in [-0.3, -0.25) is 19.5 Å². The average Bonchev–Trinajstić information content (AvgIpc) is 2.93. The second-order valence-corrected chi connectivity index (χ2v) is 6.04. The number of carbonyl (C=O) groups is 2. The summed E-state index contributed by atoms with van der Waals surface area (Å²) < 4.78 is 0. The molecule has 3 rings (SSSR count). The Morgan fingerprint density at radius 1 is 1.33 bits per heavy atom. The molecule has 1 aromatic rings. The molecule has 1 saturated carbocycles. The van der Waals surface area contributed by atoms with Gasteiger partial charge in [-0.1, -0.05) is 19.8 Å². The standard InChI is InChI=1S/C16H21N3O2/c1-3-13-14(20)18-16(8-4-5-9-16)15(21)19(13)12-7-6-11(2)17-10-12/h6-7,10,13H,3-5,8-9H2,1-2H3,(H,18,20). The fourth-order valence-electron chi connectivity index (χ4n) is 3.45. The van der Waals surface area contributed by atoms with Gasteiger partial charge in [0.15, 0.2) is 0 Å². The average molecular weight is 287 g/mol. The van der Waals surface area contributed by atoms with Gasteiger partial charge in [0.05, 0.1) is 11.9 Å². The Morgan fingerprint density at radius 2 is 2.05 bits per heavy atom. The molecule has 5 nitrogen and oxygen atoms in total. The Balaban J connectivity index is 2.02. The molecule has 2 fully saturated rings. The molecule has 5 heteroatoms. The molecule has 112 valence electrons. The van der Waals surface area contributed by atoms with Gasteiger partial charge >= 0.3 is 0 Å². The van der Waals surface area contributed by atoms with Crippen LogP contribution in [0.5, 0.6) is 0 Å². The molecular formula is C16H21N3O2. The van der Waals surface area contributed by atoms with Crippen molar-refractivity contribution in [2.45, 2.75) is 57.5 Å². The maximum absolute atomic E-state index is 13.0. The molecule has 1 N–H and O–H groups in total. The first-order valence-electron chi connectivity index (χ1n) is 7.66. The quantitative estimate of drug-likeness (QED) is 0.904. The zero-order chi connectivity index (χ0) is 15.0. The Bertz CT molecular complexity index is 561. The van der Waals surface area contributed by atoms with E-state index < -0.39 is 11.6 Å². The first-order chi connectivity index (χ1) is 10.1. The van der Waals surface area contributed by atoms with Gasteiger partial charge in [0, 0.05) is 5.69 Å². The van der Waals surface area contributed by atoms with Gasteiger partial charge in [0.25, 0.3) is 5.91 Å². The lowest BCUT2D eigenvalue weighted by molar-refractivity contribution is -0.138. The Hall–Kier alpha value is -1.91. The maximum Gasteiger partial charge on any atom is 0.253 e. The summed E-state index contributed by atoms with van der Waals surface area (Å²) in [6.45, 7) is 3.84. The van der Waals surface area contributed by atoms with Gasteiger partial charge < -0.3 is 5.32 Å². The zero-order valence-corrected chi connectivity index (χ0v) is 12.6. The highest BCUT2D eigenvalue weighted by Crippen LogP contribution is 2.36. The van der Waals surface area contributed by atoms with Crippen LogP contribution in [0.3, 0.4) is 0 Å². The van der Waals surface area contributed by atoms with Crippen LogP contribution in [0, 0.1) is 6.92 Å². The number of aryl methyl sites for hydroxylation is 1. The second-order valence-electron chi connectivity index (χ2n) is 6.04. The number of rotatable bonds is 2. The van der Waals surface area contributed by atoms with E-state index in [1.54, 1.807) is 11.1 Å². The number of anilines is 1. The number of hydrogen-bond donors (Lipinski definition) is 1. The molecule has 2 amide bonds. The van der Waals surface area contributed by atoms with Crippen LogP contribution in [0.2, 0.25) is 0 Å². The number of nitrogens with one attached hydrogen (secondary N) is 1. The van der Waals surface area contributed by atoms with E-state index in [0.717, 1.165) is 37.1 Å². The highest BCUT2D eigenvalue weighted by molar-refractivity contribution is 6.10. The molecule has 1 aromatic heterocycles. The van der Waals surface area contributed by atoms with E-state index >= 15 is 0 Å². The Morgan fingerprint density at radius 3 is 2.62 bits per heavy atom. The molecule has 0 aromatic carbocycles. The molecule has 1 saturated heterocycles. The van der Waals surface area contributed by atoms with Crippen molar-refractivity contribution >= 4 is 17.5 Å². The largest absolute Gasteiger partial charge is 0.340 e. The van der Waals surface area contributed by atoms with Crippen LogP contribution in [0.25, 0.3) is 0 Å². The second kappa shape index (κ2) is 5.13. The van der Waals surface area contributed by atoms with E-state index in [1.165, 1.54) is 0 Å². The number of amides is 2. The van der Waals surface area contributed by atoms with Crippen LogP contribution >= 0.6 is 0 Å². The molecular weight excluding hydrogens is 266 g/mol. The first-order valence-corrected chi connectivity index (χ1v) is 7.66. The summed E-state index contributed by atoms with van der Waals surface area (Å²) in [6.07, 6.45) is 5.75. The van der Waals surface area contributed by atoms with E-state index in [4.69, 9.17) is 0 Å². The van der Waals surface area contributed by atoms with Gasteiger partial charge in [-0.2, -0.15) is 0 Å². The molecule has 21 heavy (non-hydrogen) atoms. The maximum atomic E-state index is 13.0. The lowest BCUT2D eigenvalue weighted by Gasteiger charge is -2.44. The highest BCUT2D eigenvalue weighted by Gasteiger charge is 2.52. The van der Waals surface area contributed by atoms with Crippen molar-refractivity contribution in [3.05, 3.63) is 24.0 Å². The minimum Gasteiger partial charge on any atom is -0.340 e. The summed E-state index contributed by atoms with van der Waals surface area (Å²) in [4.78, 5) is 31.4. The van der Waals surface area contributed by atoms with Gasteiger partial charge in [-0.25, -0.2) is 0 Å². The summed E-state index contributed by atoms with van der Waals surface area (Å²) in [6, 6.07) is 3.32. The molecule has 1 atom stereocenters. The topological polar surface area (TPSA) is 62.3 Å². The number of pyridine rings is 1. The number of piperazine rings is 1. The van der Waals surface area contributed by atoms with E-state index in [0.29, 0.717) is 6.42 Å². The van der Waals surface area contributed by atoms with Crippen LogP contribution in [-0.4, -0.2) is 28.4 Å². The van der Waals surface area contributed by atoms with Gasteiger partial charge in [-0.15, -0.1) is 0 Å². The molecule has 1 aliphatic carbocycles.